The van der Waals surface area contributed by atoms with Gasteiger partial charge in [-0.15, -0.1) is 0 Å². The number of carbonyl (C=O) groups is 1. The summed E-state index contributed by atoms with van der Waals surface area (Å²) in [7, 11) is 0. The fourth-order valence-corrected chi connectivity index (χ4v) is 5.54. The van der Waals surface area contributed by atoms with Gasteiger partial charge in [0.05, 0.1) is 24.0 Å². The van der Waals surface area contributed by atoms with Crippen LogP contribution in [0.15, 0.2) is 69.9 Å². The van der Waals surface area contributed by atoms with Crippen LogP contribution in [0.25, 0.3) is 17.0 Å². The summed E-state index contributed by atoms with van der Waals surface area (Å²) in [6.45, 7) is 15.1. The number of esters is 1. The quantitative estimate of drug-likeness (QED) is 0.103. The Morgan fingerprint density at radius 2 is 1.59 bits per heavy atom. The molecule has 3 aromatic carbocycles. The molecular weight excluding hydrogens is 595 g/mol. The number of carbonyl (C=O) groups excluding carboxylic acids is 1. The van der Waals surface area contributed by atoms with Gasteiger partial charge in [0.2, 0.25) is 11.2 Å². The first-order valence-corrected chi connectivity index (χ1v) is 15.4. The van der Waals surface area contributed by atoms with Crippen LogP contribution in [0.3, 0.4) is 0 Å². The zero-order valence-electron chi connectivity index (χ0n) is 27.3. The fraction of sp³-hybridized carbons (Fsp3) is 0.351. The van der Waals surface area contributed by atoms with E-state index >= 15 is 0 Å². The number of benzene rings is 3. The smallest absolute Gasteiger partial charge is 0.449 e. The topological polar surface area (TPSA) is 70.2 Å². The number of quaternary nitrogens is 1. The van der Waals surface area contributed by atoms with Gasteiger partial charge in [0.1, 0.15) is 18.0 Å². The highest BCUT2D eigenvalue weighted by atomic mass is 19.4. The number of aryl methyl sites for hydroxylation is 2. The van der Waals surface area contributed by atoms with Crippen LogP contribution in [0.1, 0.15) is 61.3 Å². The lowest BCUT2D eigenvalue weighted by molar-refractivity contribution is -0.919. The molecule has 0 aliphatic heterocycles. The van der Waals surface area contributed by atoms with Gasteiger partial charge < -0.3 is 18.8 Å². The molecular formula is C37H41F3NO5+. The van der Waals surface area contributed by atoms with Crippen molar-refractivity contribution in [3.8, 4) is 17.2 Å². The molecule has 4 rings (SSSR count). The molecule has 9 heteroatoms. The molecule has 46 heavy (non-hydrogen) atoms. The van der Waals surface area contributed by atoms with Crippen molar-refractivity contribution in [2.75, 3.05) is 13.1 Å². The van der Waals surface area contributed by atoms with Crippen LogP contribution in [0.5, 0.6) is 17.2 Å². The SMILES string of the molecule is Cc1cc(C)c(C)c(Oc2c(C(F)(F)F)oc3c(C[NH+](CC(C)C)CC(C)C)c(OC(=O)/C=C/c4ccccc4)ccc3c2=O)c1. The standard InChI is InChI=1S/C37H40F3NO5/c1-22(2)19-41(20-23(3)4)21-29-30(44-32(42)16-13-27-11-9-8-10-12-27)15-14-28-33(43)35(36(37(38,39)40)46-34(28)29)45-31-18-24(5)17-25(6)26(31)7/h8-18,22-23H,19-21H2,1-7H3/p+1/b16-13+. The summed E-state index contributed by atoms with van der Waals surface area (Å²) in [4.78, 5) is 27.8. The lowest BCUT2D eigenvalue weighted by Crippen LogP contribution is -3.11. The van der Waals surface area contributed by atoms with Gasteiger partial charge in [-0.1, -0.05) is 64.1 Å². The molecule has 0 unspecified atom stereocenters. The van der Waals surface area contributed by atoms with E-state index in [0.717, 1.165) is 21.6 Å². The molecule has 0 spiro atoms. The Morgan fingerprint density at radius 1 is 0.935 bits per heavy atom. The molecule has 0 aliphatic rings. The van der Waals surface area contributed by atoms with Crippen LogP contribution in [0.4, 0.5) is 13.2 Å². The predicted molar refractivity (Wildman–Crippen MR) is 173 cm³/mol. The summed E-state index contributed by atoms with van der Waals surface area (Å²) in [6, 6.07) is 15.4. The summed E-state index contributed by atoms with van der Waals surface area (Å²) in [5, 5.41) is -0.104. The second-order valence-electron chi connectivity index (χ2n) is 12.6. The first-order chi connectivity index (χ1) is 21.6. The fourth-order valence-electron chi connectivity index (χ4n) is 5.54. The summed E-state index contributed by atoms with van der Waals surface area (Å²) in [5.41, 5.74) is 1.90. The first kappa shape index (κ1) is 34.5. The maximum absolute atomic E-state index is 14.6. The number of alkyl halides is 3. The van der Waals surface area contributed by atoms with E-state index in [1.54, 1.807) is 26.0 Å². The van der Waals surface area contributed by atoms with Crippen molar-refractivity contribution in [3.63, 3.8) is 0 Å². The van der Waals surface area contributed by atoms with E-state index in [1.807, 2.05) is 43.3 Å². The molecule has 1 heterocycles. The van der Waals surface area contributed by atoms with Gasteiger partial charge in [0, 0.05) is 17.9 Å². The number of fused-ring (bicyclic) bond motifs is 1. The number of halogens is 3. The monoisotopic (exact) mass is 636 g/mol. The minimum absolute atomic E-state index is 0.0234. The number of nitrogens with one attached hydrogen (secondary N) is 1. The minimum atomic E-state index is -5.06. The molecule has 0 saturated carbocycles. The molecule has 0 amide bonds. The molecule has 244 valence electrons. The Labute approximate surface area is 267 Å². The van der Waals surface area contributed by atoms with Gasteiger partial charge in [-0.2, -0.15) is 13.2 Å². The predicted octanol–water partition coefficient (Wildman–Crippen LogP) is 7.85. The Kier molecular flexibility index (Phi) is 10.8. The van der Waals surface area contributed by atoms with Crippen molar-refractivity contribution < 1.29 is 36.8 Å². The van der Waals surface area contributed by atoms with E-state index in [-0.39, 0.29) is 46.4 Å². The molecule has 1 aromatic heterocycles. The average Bonchev–Trinajstić information content (AvgIpc) is 2.96. The van der Waals surface area contributed by atoms with E-state index in [4.69, 9.17) is 13.9 Å². The van der Waals surface area contributed by atoms with Crippen molar-refractivity contribution in [3.05, 3.63) is 104 Å². The van der Waals surface area contributed by atoms with Crippen LogP contribution in [-0.4, -0.2) is 19.1 Å². The zero-order chi connectivity index (χ0) is 33.8. The van der Waals surface area contributed by atoms with E-state index in [9.17, 15) is 22.8 Å². The van der Waals surface area contributed by atoms with Gasteiger partial charge >= 0.3 is 12.1 Å². The van der Waals surface area contributed by atoms with Crippen LogP contribution < -0.4 is 19.8 Å². The van der Waals surface area contributed by atoms with Gasteiger partial charge in [-0.25, -0.2) is 4.79 Å². The zero-order valence-corrected chi connectivity index (χ0v) is 27.3. The maximum atomic E-state index is 14.6. The van der Waals surface area contributed by atoms with E-state index < -0.39 is 29.1 Å². The van der Waals surface area contributed by atoms with Gasteiger partial charge in [-0.05, 0) is 67.3 Å². The Bertz CT molecular complexity index is 1780. The lowest BCUT2D eigenvalue weighted by atomic mass is 10.0. The molecule has 0 bridgehead atoms. The lowest BCUT2D eigenvalue weighted by Gasteiger charge is -2.24. The molecule has 0 atom stereocenters. The number of hydrogen-bond acceptors (Lipinski definition) is 5. The van der Waals surface area contributed by atoms with E-state index in [0.29, 0.717) is 18.7 Å². The molecule has 0 fully saturated rings. The highest BCUT2D eigenvalue weighted by Crippen LogP contribution is 2.41. The number of rotatable bonds is 11. The van der Waals surface area contributed by atoms with Crippen molar-refractivity contribution in [1.29, 1.82) is 0 Å². The second kappa shape index (κ2) is 14.4. The Balaban J connectivity index is 1.91. The maximum Gasteiger partial charge on any atom is 0.453 e. The van der Waals surface area contributed by atoms with Crippen LogP contribution in [-0.2, 0) is 17.5 Å². The third-order valence-electron chi connectivity index (χ3n) is 7.55. The average molecular weight is 637 g/mol. The van der Waals surface area contributed by atoms with Crippen LogP contribution >= 0.6 is 0 Å². The third-order valence-corrected chi connectivity index (χ3v) is 7.55. The van der Waals surface area contributed by atoms with Crippen LogP contribution in [0.2, 0.25) is 0 Å². The highest BCUT2D eigenvalue weighted by Gasteiger charge is 2.41. The number of ether oxygens (including phenoxy) is 2. The minimum Gasteiger partial charge on any atom is -0.449 e. The third kappa shape index (κ3) is 8.46. The summed E-state index contributed by atoms with van der Waals surface area (Å²) >= 11 is 0. The molecule has 6 nitrogen and oxygen atoms in total. The molecule has 0 saturated heterocycles. The highest BCUT2D eigenvalue weighted by molar-refractivity contribution is 5.90. The summed E-state index contributed by atoms with van der Waals surface area (Å²) in [5.74, 6) is -2.52. The summed E-state index contributed by atoms with van der Waals surface area (Å²) in [6.07, 6.45) is -2.23. The van der Waals surface area contributed by atoms with Gasteiger partial charge in [-0.3, -0.25) is 4.79 Å². The number of hydrogen-bond donors (Lipinski definition) is 1. The molecule has 4 aromatic rings. The van der Waals surface area contributed by atoms with Crippen LogP contribution in [0, 0.1) is 32.6 Å². The Morgan fingerprint density at radius 3 is 2.20 bits per heavy atom. The second-order valence-corrected chi connectivity index (χ2v) is 12.6. The van der Waals surface area contributed by atoms with Crippen molar-refractivity contribution in [1.82, 2.24) is 0 Å². The van der Waals surface area contributed by atoms with E-state index in [1.165, 1.54) is 18.2 Å². The molecule has 0 radical (unpaired) electrons. The van der Waals surface area contributed by atoms with Crippen molar-refractivity contribution in [2.24, 2.45) is 11.8 Å². The Hall–Kier alpha value is -4.37. The van der Waals surface area contributed by atoms with Gasteiger partial charge in [0.25, 0.3) is 5.76 Å². The van der Waals surface area contributed by atoms with Gasteiger partial charge in [0.15, 0.2) is 5.58 Å². The van der Waals surface area contributed by atoms with E-state index in [2.05, 4.69) is 27.7 Å². The molecule has 1 N–H and O–H groups in total. The summed E-state index contributed by atoms with van der Waals surface area (Å²) < 4.78 is 60.9. The van der Waals surface area contributed by atoms with Crippen molar-refractivity contribution >= 4 is 23.0 Å². The van der Waals surface area contributed by atoms with Crippen molar-refractivity contribution in [2.45, 2.75) is 61.2 Å². The normalized spacial score (nSPS) is 12.2. The first-order valence-electron chi connectivity index (χ1n) is 15.4. The largest absolute Gasteiger partial charge is 0.453 e. The molecule has 0 aliphatic carbocycles.